The zero-order valence-electron chi connectivity index (χ0n) is 10.5. The second-order valence-electron chi connectivity index (χ2n) is 5.00. The molecule has 0 amide bonds. The molecule has 1 atom stereocenters. The molecule has 0 bridgehead atoms. The van der Waals surface area contributed by atoms with E-state index in [0.717, 1.165) is 23.8 Å². The van der Waals surface area contributed by atoms with Gasteiger partial charge in [0.1, 0.15) is 0 Å². The minimum atomic E-state index is 0.695. The lowest BCUT2D eigenvalue weighted by Crippen LogP contribution is -2.27. The fourth-order valence-corrected chi connectivity index (χ4v) is 2.71. The summed E-state index contributed by atoms with van der Waals surface area (Å²) < 4.78 is 0. The number of anilines is 2. The van der Waals surface area contributed by atoms with E-state index < -0.39 is 0 Å². The van der Waals surface area contributed by atoms with Crippen LogP contribution < -0.4 is 10.6 Å². The predicted octanol–water partition coefficient (Wildman–Crippen LogP) is 2.31. The lowest BCUT2D eigenvalue weighted by Gasteiger charge is -2.24. The Morgan fingerprint density at radius 2 is 2.29 bits per heavy atom. The Morgan fingerprint density at radius 3 is 2.88 bits per heavy atom. The summed E-state index contributed by atoms with van der Waals surface area (Å²) in [4.78, 5) is 4.61. The molecule has 2 N–H and O–H groups in total. The summed E-state index contributed by atoms with van der Waals surface area (Å²) in [7, 11) is 4.27. The van der Waals surface area contributed by atoms with E-state index in [1.165, 1.54) is 19.5 Å². The molecule has 1 unspecified atom stereocenters. The molecular formula is C13H20ClN3. The van der Waals surface area contributed by atoms with Crippen LogP contribution in [0, 0.1) is 5.92 Å². The maximum Gasteiger partial charge on any atom is 0.0598 e. The van der Waals surface area contributed by atoms with Crippen molar-refractivity contribution in [3.63, 3.8) is 0 Å². The van der Waals surface area contributed by atoms with E-state index in [9.17, 15) is 0 Å². The van der Waals surface area contributed by atoms with E-state index in [-0.39, 0.29) is 0 Å². The number of hydrogen-bond acceptors (Lipinski definition) is 3. The monoisotopic (exact) mass is 253 g/mol. The van der Waals surface area contributed by atoms with Gasteiger partial charge in [0.25, 0.3) is 0 Å². The van der Waals surface area contributed by atoms with Crippen molar-refractivity contribution in [1.29, 1.82) is 0 Å². The fourth-order valence-electron chi connectivity index (χ4n) is 2.53. The molecule has 4 heteroatoms. The fraction of sp³-hybridized carbons (Fsp3) is 0.538. The molecule has 0 radical (unpaired) electrons. The summed E-state index contributed by atoms with van der Waals surface area (Å²) in [5.41, 5.74) is 7.82. The summed E-state index contributed by atoms with van der Waals surface area (Å²) in [6.07, 6.45) is 1.27. The van der Waals surface area contributed by atoms with Crippen LogP contribution in [0.2, 0.25) is 5.02 Å². The molecule has 1 fully saturated rings. The first-order valence-corrected chi connectivity index (χ1v) is 6.39. The minimum absolute atomic E-state index is 0.695. The number of nitrogens with zero attached hydrogens (tertiary/aromatic N) is 2. The van der Waals surface area contributed by atoms with E-state index in [1.54, 1.807) is 0 Å². The predicted molar refractivity (Wildman–Crippen MR) is 74.7 cm³/mol. The summed E-state index contributed by atoms with van der Waals surface area (Å²) in [6.45, 7) is 3.43. The van der Waals surface area contributed by atoms with E-state index >= 15 is 0 Å². The van der Waals surface area contributed by atoms with E-state index in [1.807, 2.05) is 18.2 Å². The maximum absolute atomic E-state index is 5.99. The molecule has 1 heterocycles. The van der Waals surface area contributed by atoms with Gasteiger partial charge >= 0.3 is 0 Å². The van der Waals surface area contributed by atoms with Gasteiger partial charge in [-0.3, -0.25) is 0 Å². The van der Waals surface area contributed by atoms with Crippen LogP contribution >= 0.6 is 11.6 Å². The zero-order chi connectivity index (χ0) is 12.4. The van der Waals surface area contributed by atoms with Crippen molar-refractivity contribution in [1.82, 2.24) is 4.90 Å². The van der Waals surface area contributed by atoms with Crippen molar-refractivity contribution < 1.29 is 0 Å². The molecule has 1 saturated heterocycles. The first-order chi connectivity index (χ1) is 8.06. The van der Waals surface area contributed by atoms with Crippen LogP contribution in [0.3, 0.4) is 0 Å². The molecule has 1 aromatic rings. The van der Waals surface area contributed by atoms with Gasteiger partial charge in [0.2, 0.25) is 0 Å². The van der Waals surface area contributed by atoms with Gasteiger partial charge in [-0.25, -0.2) is 0 Å². The SMILES string of the molecule is CN1CCC(CN(C)c2ccc(Cl)cc2N)C1. The average Bonchev–Trinajstić information content (AvgIpc) is 2.63. The normalized spacial score (nSPS) is 20.8. The molecule has 0 spiro atoms. The first kappa shape index (κ1) is 12.5. The number of hydrogen-bond donors (Lipinski definition) is 1. The second kappa shape index (κ2) is 5.15. The third-order valence-corrected chi connectivity index (χ3v) is 3.66. The van der Waals surface area contributed by atoms with Crippen LogP contribution in [-0.2, 0) is 0 Å². The highest BCUT2D eigenvalue weighted by Crippen LogP contribution is 2.27. The van der Waals surface area contributed by atoms with Crippen molar-refractivity contribution in [3.05, 3.63) is 23.2 Å². The number of likely N-dealkylation sites (tertiary alicyclic amines) is 1. The number of rotatable bonds is 3. The van der Waals surface area contributed by atoms with Crippen LogP contribution in [0.1, 0.15) is 6.42 Å². The largest absolute Gasteiger partial charge is 0.397 e. The highest BCUT2D eigenvalue weighted by Gasteiger charge is 2.21. The molecule has 0 aromatic heterocycles. The second-order valence-corrected chi connectivity index (χ2v) is 5.44. The Bertz CT molecular complexity index is 394. The van der Waals surface area contributed by atoms with Gasteiger partial charge in [-0.2, -0.15) is 0 Å². The van der Waals surface area contributed by atoms with Gasteiger partial charge in [-0.15, -0.1) is 0 Å². The summed E-state index contributed by atoms with van der Waals surface area (Å²) in [5, 5.41) is 0.695. The lowest BCUT2D eigenvalue weighted by molar-refractivity contribution is 0.396. The van der Waals surface area contributed by atoms with Gasteiger partial charge < -0.3 is 15.5 Å². The Balaban J connectivity index is 2.01. The van der Waals surface area contributed by atoms with Crippen molar-refractivity contribution in [2.24, 2.45) is 5.92 Å². The molecule has 94 valence electrons. The van der Waals surface area contributed by atoms with Gasteiger partial charge in [-0.1, -0.05) is 11.6 Å². The van der Waals surface area contributed by atoms with Gasteiger partial charge in [0.05, 0.1) is 11.4 Å². The maximum atomic E-state index is 5.99. The van der Waals surface area contributed by atoms with Crippen LogP contribution in [0.25, 0.3) is 0 Å². The Kier molecular flexibility index (Phi) is 3.79. The number of nitrogen functional groups attached to an aromatic ring is 1. The molecule has 2 rings (SSSR count). The number of halogens is 1. The topological polar surface area (TPSA) is 32.5 Å². The van der Waals surface area contributed by atoms with E-state index in [0.29, 0.717) is 5.02 Å². The minimum Gasteiger partial charge on any atom is -0.397 e. The summed E-state index contributed by atoms with van der Waals surface area (Å²) in [5.74, 6) is 0.736. The molecule has 0 aliphatic carbocycles. The molecular weight excluding hydrogens is 234 g/mol. The van der Waals surface area contributed by atoms with Gasteiger partial charge in [-0.05, 0) is 44.1 Å². The quantitative estimate of drug-likeness (QED) is 0.840. The van der Waals surface area contributed by atoms with Crippen LogP contribution in [-0.4, -0.2) is 38.6 Å². The Hall–Kier alpha value is -0.930. The highest BCUT2D eigenvalue weighted by atomic mass is 35.5. The molecule has 3 nitrogen and oxygen atoms in total. The molecule has 1 aliphatic rings. The van der Waals surface area contributed by atoms with Crippen molar-refractivity contribution in [2.45, 2.75) is 6.42 Å². The Morgan fingerprint density at radius 1 is 1.53 bits per heavy atom. The third-order valence-electron chi connectivity index (χ3n) is 3.42. The van der Waals surface area contributed by atoms with E-state index in [2.05, 4.69) is 23.9 Å². The summed E-state index contributed by atoms with van der Waals surface area (Å²) in [6, 6.07) is 5.70. The molecule has 1 aliphatic heterocycles. The van der Waals surface area contributed by atoms with Gasteiger partial charge in [0, 0.05) is 25.2 Å². The zero-order valence-corrected chi connectivity index (χ0v) is 11.2. The first-order valence-electron chi connectivity index (χ1n) is 6.01. The average molecular weight is 254 g/mol. The molecule has 17 heavy (non-hydrogen) atoms. The van der Waals surface area contributed by atoms with Crippen molar-refractivity contribution in [2.75, 3.05) is 44.4 Å². The molecule has 0 saturated carbocycles. The smallest absolute Gasteiger partial charge is 0.0598 e. The number of nitrogens with two attached hydrogens (primary N) is 1. The van der Waals surface area contributed by atoms with Crippen molar-refractivity contribution in [3.8, 4) is 0 Å². The van der Waals surface area contributed by atoms with Gasteiger partial charge in [0.15, 0.2) is 0 Å². The number of benzene rings is 1. The van der Waals surface area contributed by atoms with E-state index in [4.69, 9.17) is 17.3 Å². The van der Waals surface area contributed by atoms with Crippen LogP contribution in [0.5, 0.6) is 0 Å². The van der Waals surface area contributed by atoms with Crippen molar-refractivity contribution >= 4 is 23.0 Å². The van der Waals surface area contributed by atoms with Crippen LogP contribution in [0.15, 0.2) is 18.2 Å². The third kappa shape index (κ3) is 3.05. The lowest BCUT2D eigenvalue weighted by atomic mass is 10.1. The Labute approximate surface area is 108 Å². The summed E-state index contributed by atoms with van der Waals surface area (Å²) >= 11 is 5.91. The van der Waals surface area contributed by atoms with Crippen LogP contribution in [0.4, 0.5) is 11.4 Å². The molecule has 1 aromatic carbocycles. The standard InChI is InChI=1S/C13H20ClN3/c1-16-6-5-10(8-16)9-17(2)13-4-3-11(14)7-12(13)15/h3-4,7,10H,5-6,8-9,15H2,1-2H3. The highest BCUT2D eigenvalue weighted by molar-refractivity contribution is 6.31.